The summed E-state index contributed by atoms with van der Waals surface area (Å²) in [4.78, 5) is 33.9. The third kappa shape index (κ3) is 10.7. The molecule has 2 aliphatic heterocycles. The van der Waals surface area contributed by atoms with Crippen molar-refractivity contribution in [2.45, 2.75) is 43.5 Å². The molecule has 4 N–H and O–H groups in total. The number of likely N-dealkylation sites (N-methyl/N-ethyl adjacent to an activating group) is 1. The van der Waals surface area contributed by atoms with Crippen LogP contribution in [0.5, 0.6) is 0 Å². The standard InChI is InChI=1S/C17H21FN4.3C2HF3O2/c1-21-9-10-22-15(13-3-2-4-14(18)11-13)12-20-16(22)17(21)5-7-19-8-6-17;3*3-2(4,5)1(6)7/h2-4,11-12,19H,5-10H2,1H3;3*(H,6,7). The molecule has 43 heavy (non-hydrogen) atoms. The molecular formula is C23H24F10N4O6. The van der Waals surface area contributed by atoms with Crippen molar-refractivity contribution in [1.29, 1.82) is 0 Å². The Balaban J connectivity index is 0.000000363. The molecule has 1 spiro atoms. The summed E-state index contributed by atoms with van der Waals surface area (Å²) in [6, 6.07) is 6.80. The zero-order valence-corrected chi connectivity index (χ0v) is 21.8. The van der Waals surface area contributed by atoms with E-state index in [0.717, 1.165) is 56.1 Å². The number of carbonyl (C=O) groups is 3. The van der Waals surface area contributed by atoms with Gasteiger partial charge in [-0.2, -0.15) is 39.5 Å². The number of hydrogen-bond donors (Lipinski definition) is 4. The first-order valence-corrected chi connectivity index (χ1v) is 11.7. The minimum Gasteiger partial charge on any atom is -0.475 e. The van der Waals surface area contributed by atoms with E-state index in [4.69, 9.17) is 34.7 Å². The van der Waals surface area contributed by atoms with Crippen LogP contribution in [0, 0.1) is 5.82 Å². The van der Waals surface area contributed by atoms with E-state index in [9.17, 15) is 43.9 Å². The number of hydrogen-bond acceptors (Lipinski definition) is 6. The molecule has 1 saturated heterocycles. The fraction of sp³-hybridized carbons (Fsp3) is 0.478. The molecule has 0 aliphatic carbocycles. The second-order valence-electron chi connectivity index (χ2n) is 8.74. The zero-order chi connectivity index (χ0) is 33.4. The number of carboxylic acid groups (broad SMARTS) is 3. The van der Waals surface area contributed by atoms with Crippen LogP contribution in [0.4, 0.5) is 43.9 Å². The van der Waals surface area contributed by atoms with Gasteiger partial charge in [-0.1, -0.05) is 12.1 Å². The number of imidazole rings is 1. The normalized spacial score (nSPS) is 16.3. The highest BCUT2D eigenvalue weighted by Crippen LogP contribution is 2.40. The topological polar surface area (TPSA) is 145 Å². The molecule has 3 heterocycles. The monoisotopic (exact) mass is 642 g/mol. The summed E-state index contributed by atoms with van der Waals surface area (Å²) in [7, 11) is 2.20. The van der Waals surface area contributed by atoms with Crippen molar-refractivity contribution >= 4 is 17.9 Å². The van der Waals surface area contributed by atoms with E-state index in [0.29, 0.717) is 0 Å². The average molecular weight is 642 g/mol. The third-order valence-electron chi connectivity index (χ3n) is 5.94. The van der Waals surface area contributed by atoms with Crippen LogP contribution in [0.1, 0.15) is 18.7 Å². The Kier molecular flexibility index (Phi) is 12.5. The molecule has 4 rings (SSSR count). The molecule has 1 fully saturated rings. The zero-order valence-electron chi connectivity index (χ0n) is 21.8. The summed E-state index contributed by atoms with van der Waals surface area (Å²) in [5, 5.41) is 24.8. The van der Waals surface area contributed by atoms with E-state index < -0.39 is 36.4 Å². The molecule has 0 atom stereocenters. The van der Waals surface area contributed by atoms with E-state index in [-0.39, 0.29) is 11.4 Å². The second-order valence-corrected chi connectivity index (χ2v) is 8.74. The fourth-order valence-corrected chi connectivity index (χ4v) is 3.93. The molecule has 242 valence electrons. The smallest absolute Gasteiger partial charge is 0.475 e. The van der Waals surface area contributed by atoms with Crippen LogP contribution in [0.3, 0.4) is 0 Å². The molecule has 2 aliphatic rings. The lowest BCUT2D eigenvalue weighted by molar-refractivity contribution is -0.193. The number of carboxylic acids is 3. The molecule has 0 amide bonds. The van der Waals surface area contributed by atoms with Crippen LogP contribution in [-0.2, 0) is 26.5 Å². The maximum Gasteiger partial charge on any atom is 0.490 e. The number of nitrogens with one attached hydrogen (secondary N) is 1. The van der Waals surface area contributed by atoms with E-state index in [1.165, 1.54) is 6.07 Å². The molecule has 0 saturated carbocycles. The Morgan fingerprint density at radius 2 is 1.28 bits per heavy atom. The van der Waals surface area contributed by atoms with Gasteiger partial charge in [0.1, 0.15) is 11.6 Å². The quantitative estimate of drug-likeness (QED) is 0.338. The van der Waals surface area contributed by atoms with Gasteiger partial charge in [-0.3, -0.25) is 4.90 Å². The Labute approximate surface area is 235 Å². The van der Waals surface area contributed by atoms with Gasteiger partial charge in [-0.15, -0.1) is 0 Å². The van der Waals surface area contributed by atoms with Gasteiger partial charge in [0.25, 0.3) is 0 Å². The Bertz CT molecular complexity index is 1200. The van der Waals surface area contributed by atoms with Crippen molar-refractivity contribution in [2.75, 3.05) is 26.7 Å². The van der Waals surface area contributed by atoms with E-state index in [2.05, 4.69) is 21.8 Å². The van der Waals surface area contributed by atoms with Gasteiger partial charge in [0.05, 0.1) is 17.4 Å². The van der Waals surface area contributed by atoms with Crippen LogP contribution < -0.4 is 5.32 Å². The van der Waals surface area contributed by atoms with Gasteiger partial charge >= 0.3 is 36.4 Å². The molecule has 0 bridgehead atoms. The van der Waals surface area contributed by atoms with Crippen LogP contribution in [0.15, 0.2) is 30.5 Å². The highest BCUT2D eigenvalue weighted by molar-refractivity contribution is 5.73. The van der Waals surface area contributed by atoms with Gasteiger partial charge < -0.3 is 25.2 Å². The first-order chi connectivity index (χ1) is 19.5. The van der Waals surface area contributed by atoms with Gasteiger partial charge in [0.15, 0.2) is 0 Å². The molecular weight excluding hydrogens is 618 g/mol. The number of aromatic nitrogens is 2. The summed E-state index contributed by atoms with van der Waals surface area (Å²) >= 11 is 0. The van der Waals surface area contributed by atoms with Gasteiger partial charge in [0, 0.05) is 18.7 Å². The highest BCUT2D eigenvalue weighted by Gasteiger charge is 2.44. The number of piperidine rings is 1. The van der Waals surface area contributed by atoms with Crippen LogP contribution in [0.2, 0.25) is 0 Å². The number of aliphatic carboxylic acids is 3. The average Bonchev–Trinajstić information content (AvgIpc) is 3.32. The van der Waals surface area contributed by atoms with Crippen molar-refractivity contribution in [3.63, 3.8) is 0 Å². The van der Waals surface area contributed by atoms with E-state index in [1.807, 2.05) is 12.3 Å². The van der Waals surface area contributed by atoms with Crippen molar-refractivity contribution < 1.29 is 73.6 Å². The number of nitrogens with zero attached hydrogens (tertiary/aromatic N) is 3. The summed E-state index contributed by atoms with van der Waals surface area (Å²) in [6.07, 6.45) is -11.2. The van der Waals surface area contributed by atoms with E-state index >= 15 is 0 Å². The maximum absolute atomic E-state index is 13.6. The fourth-order valence-electron chi connectivity index (χ4n) is 3.93. The van der Waals surface area contributed by atoms with Crippen molar-refractivity contribution in [3.8, 4) is 11.3 Å². The van der Waals surface area contributed by atoms with Gasteiger partial charge in [-0.25, -0.2) is 23.8 Å². The Hall–Kier alpha value is -3.94. The predicted molar refractivity (Wildman–Crippen MR) is 125 cm³/mol. The highest BCUT2D eigenvalue weighted by atomic mass is 19.4. The maximum atomic E-state index is 13.6. The Morgan fingerprint density at radius 1 is 0.837 bits per heavy atom. The lowest BCUT2D eigenvalue weighted by Gasteiger charge is -2.47. The number of rotatable bonds is 1. The van der Waals surface area contributed by atoms with Gasteiger partial charge in [0.2, 0.25) is 0 Å². The van der Waals surface area contributed by atoms with Crippen LogP contribution >= 0.6 is 0 Å². The second kappa shape index (κ2) is 14.5. The summed E-state index contributed by atoms with van der Waals surface area (Å²) in [6.45, 7) is 3.96. The molecule has 20 heteroatoms. The number of benzene rings is 1. The van der Waals surface area contributed by atoms with Gasteiger partial charge in [-0.05, 0) is 45.1 Å². The minimum atomic E-state index is -5.08. The first-order valence-electron chi connectivity index (χ1n) is 11.7. The lowest BCUT2D eigenvalue weighted by atomic mass is 9.84. The third-order valence-corrected chi connectivity index (χ3v) is 5.94. The van der Waals surface area contributed by atoms with Crippen molar-refractivity contribution in [1.82, 2.24) is 19.8 Å². The molecule has 0 unspecified atom stereocenters. The summed E-state index contributed by atoms with van der Waals surface area (Å²) < 4.78 is 111. The predicted octanol–water partition coefficient (Wildman–Crippen LogP) is 4.11. The number of alkyl halides is 9. The number of halogens is 10. The molecule has 2 aromatic rings. The molecule has 0 radical (unpaired) electrons. The SMILES string of the molecule is CN1CCn2c(-c3cccc(F)c3)cnc2C12CCNCC2.O=C(O)C(F)(F)F.O=C(O)C(F)(F)F.O=C(O)C(F)(F)F. The summed E-state index contributed by atoms with van der Waals surface area (Å²) in [5.74, 6) is -7.33. The number of fused-ring (bicyclic) bond motifs is 2. The van der Waals surface area contributed by atoms with E-state index in [1.54, 1.807) is 12.1 Å². The Morgan fingerprint density at radius 3 is 1.67 bits per heavy atom. The van der Waals surface area contributed by atoms with Crippen molar-refractivity contribution in [2.24, 2.45) is 0 Å². The van der Waals surface area contributed by atoms with Crippen molar-refractivity contribution in [3.05, 3.63) is 42.1 Å². The van der Waals surface area contributed by atoms with Crippen LogP contribution in [-0.4, -0.2) is 92.9 Å². The molecule has 10 nitrogen and oxygen atoms in total. The largest absolute Gasteiger partial charge is 0.490 e. The summed E-state index contributed by atoms with van der Waals surface area (Å²) in [5.41, 5.74) is 1.96. The molecule has 1 aromatic carbocycles. The first kappa shape index (κ1) is 37.1. The van der Waals surface area contributed by atoms with Crippen LogP contribution in [0.25, 0.3) is 11.3 Å². The lowest BCUT2D eigenvalue weighted by Crippen LogP contribution is -2.55. The molecule has 1 aromatic heterocycles. The minimum absolute atomic E-state index is 0.0229.